The van der Waals surface area contributed by atoms with Gasteiger partial charge in [0.15, 0.2) is 0 Å². The summed E-state index contributed by atoms with van der Waals surface area (Å²) in [5.41, 5.74) is 1.31. The van der Waals surface area contributed by atoms with E-state index in [0.717, 1.165) is 31.9 Å². The maximum Gasteiger partial charge on any atom is 0.261 e. The molecular weight excluding hydrogens is 388 g/mol. The van der Waals surface area contributed by atoms with Crippen molar-refractivity contribution in [2.45, 2.75) is 9.79 Å². The van der Waals surface area contributed by atoms with Gasteiger partial charge in [0.2, 0.25) is 10.0 Å². The van der Waals surface area contributed by atoms with Crippen LogP contribution in [0.1, 0.15) is 0 Å². The lowest BCUT2D eigenvalue weighted by molar-refractivity contribution is 0.587. The molecule has 0 saturated carbocycles. The van der Waals surface area contributed by atoms with E-state index in [1.54, 1.807) is 12.1 Å². The van der Waals surface area contributed by atoms with Gasteiger partial charge in [-0.15, -0.1) is 0 Å². The van der Waals surface area contributed by atoms with Crippen molar-refractivity contribution in [1.82, 2.24) is 10.0 Å². The summed E-state index contributed by atoms with van der Waals surface area (Å²) >= 11 is 0. The molecule has 0 unspecified atom stereocenters. The molecule has 3 N–H and O–H groups in total. The van der Waals surface area contributed by atoms with Crippen molar-refractivity contribution in [2.24, 2.45) is 0 Å². The second-order valence-electron chi connectivity index (χ2n) is 6.04. The molecule has 1 heterocycles. The van der Waals surface area contributed by atoms with Crippen LogP contribution in [0.25, 0.3) is 0 Å². The molecule has 1 aliphatic rings. The Morgan fingerprint density at radius 1 is 0.852 bits per heavy atom. The van der Waals surface area contributed by atoms with E-state index < -0.39 is 20.0 Å². The van der Waals surface area contributed by atoms with Crippen molar-refractivity contribution in [1.29, 1.82) is 0 Å². The van der Waals surface area contributed by atoms with Gasteiger partial charge in [0.05, 0.1) is 21.2 Å². The monoisotopic (exact) mass is 410 g/mol. The zero-order valence-corrected chi connectivity index (χ0v) is 16.5. The zero-order valence-electron chi connectivity index (χ0n) is 14.8. The lowest BCUT2D eigenvalue weighted by atomic mass is 10.2. The molecule has 2 aromatic carbocycles. The number of hydrogen-bond acceptors (Lipinski definition) is 6. The molecule has 0 aliphatic carbocycles. The fourth-order valence-electron chi connectivity index (χ4n) is 2.86. The Morgan fingerprint density at radius 2 is 1.41 bits per heavy atom. The van der Waals surface area contributed by atoms with Gasteiger partial charge in [0, 0.05) is 26.2 Å². The molecule has 1 fully saturated rings. The number of nitrogens with zero attached hydrogens (tertiary/aromatic N) is 1. The van der Waals surface area contributed by atoms with Gasteiger partial charge in [-0.05, 0) is 43.4 Å². The van der Waals surface area contributed by atoms with Crippen LogP contribution in [0.3, 0.4) is 0 Å². The van der Waals surface area contributed by atoms with Gasteiger partial charge < -0.3 is 10.2 Å². The highest BCUT2D eigenvalue weighted by Gasteiger charge is 2.20. The van der Waals surface area contributed by atoms with Gasteiger partial charge in [-0.3, -0.25) is 4.72 Å². The summed E-state index contributed by atoms with van der Waals surface area (Å²) in [6, 6.07) is 12.3. The van der Waals surface area contributed by atoms with Gasteiger partial charge in [-0.2, -0.15) is 0 Å². The van der Waals surface area contributed by atoms with Crippen LogP contribution in [0.5, 0.6) is 0 Å². The van der Waals surface area contributed by atoms with E-state index in [1.807, 2.05) is 12.1 Å². The van der Waals surface area contributed by atoms with Crippen molar-refractivity contribution in [2.75, 3.05) is 42.8 Å². The molecule has 0 spiro atoms. The third-order valence-corrected chi connectivity index (χ3v) is 7.13. The minimum atomic E-state index is -3.85. The summed E-state index contributed by atoms with van der Waals surface area (Å²) < 4.78 is 53.9. The quantitative estimate of drug-likeness (QED) is 0.650. The number of benzene rings is 2. The smallest absolute Gasteiger partial charge is 0.261 e. The normalized spacial score (nSPS) is 15.5. The van der Waals surface area contributed by atoms with E-state index in [9.17, 15) is 16.8 Å². The predicted octanol–water partition coefficient (Wildman–Crippen LogP) is 0.805. The first-order valence-electron chi connectivity index (χ1n) is 8.45. The Labute approximate surface area is 159 Å². The lowest BCUT2D eigenvalue weighted by Gasteiger charge is -2.31. The Hall–Kier alpha value is -2.14. The van der Waals surface area contributed by atoms with Crippen LogP contribution in [-0.2, 0) is 20.0 Å². The standard InChI is InChI=1S/C17H22N4O4S2/c1-18-26(22,23)14-6-8-15(9-7-14)27(24,25)20-16-4-2-3-5-17(16)21-12-10-19-11-13-21/h2-9,18-20H,10-13H2,1H3. The SMILES string of the molecule is CNS(=O)(=O)c1ccc(S(=O)(=O)Nc2ccccc2N2CCNCC2)cc1. The first-order valence-corrected chi connectivity index (χ1v) is 11.4. The van der Waals surface area contributed by atoms with Gasteiger partial charge in [0.1, 0.15) is 0 Å². The van der Waals surface area contributed by atoms with Gasteiger partial charge in [-0.25, -0.2) is 21.6 Å². The second-order valence-corrected chi connectivity index (χ2v) is 9.61. The third-order valence-electron chi connectivity index (χ3n) is 4.32. The fourth-order valence-corrected chi connectivity index (χ4v) is 4.67. The van der Waals surface area contributed by atoms with Gasteiger partial charge in [0.25, 0.3) is 10.0 Å². The zero-order chi connectivity index (χ0) is 19.5. The molecule has 146 valence electrons. The molecular formula is C17H22N4O4S2. The summed E-state index contributed by atoms with van der Waals surface area (Å²) in [7, 11) is -6.17. The fraction of sp³-hybridized carbons (Fsp3) is 0.294. The number of piperazine rings is 1. The maximum absolute atomic E-state index is 12.8. The molecule has 27 heavy (non-hydrogen) atoms. The van der Waals surface area contributed by atoms with Crippen LogP contribution in [-0.4, -0.2) is 50.1 Å². The van der Waals surface area contributed by atoms with E-state index in [0.29, 0.717) is 5.69 Å². The first-order chi connectivity index (χ1) is 12.8. The third kappa shape index (κ3) is 4.41. The number of sulfonamides is 2. The number of para-hydroxylation sites is 2. The minimum absolute atomic E-state index is 0.00478. The molecule has 0 radical (unpaired) electrons. The van der Waals surface area contributed by atoms with Crippen molar-refractivity contribution >= 4 is 31.4 Å². The molecule has 1 aliphatic heterocycles. The Balaban J connectivity index is 1.87. The molecule has 0 bridgehead atoms. The average molecular weight is 411 g/mol. The number of rotatable bonds is 6. The molecule has 0 aromatic heterocycles. The summed E-state index contributed by atoms with van der Waals surface area (Å²) in [5, 5.41) is 3.27. The van der Waals surface area contributed by atoms with Crippen molar-refractivity contribution in [3.05, 3.63) is 48.5 Å². The van der Waals surface area contributed by atoms with Crippen molar-refractivity contribution in [3.63, 3.8) is 0 Å². The average Bonchev–Trinajstić information content (AvgIpc) is 2.69. The largest absolute Gasteiger partial charge is 0.367 e. The molecule has 10 heteroatoms. The predicted molar refractivity (Wildman–Crippen MR) is 105 cm³/mol. The van der Waals surface area contributed by atoms with Crippen LogP contribution >= 0.6 is 0 Å². The highest BCUT2D eigenvalue weighted by atomic mass is 32.2. The minimum Gasteiger partial charge on any atom is -0.367 e. The number of hydrogen-bond donors (Lipinski definition) is 3. The lowest BCUT2D eigenvalue weighted by Crippen LogP contribution is -2.43. The van der Waals surface area contributed by atoms with E-state index in [-0.39, 0.29) is 9.79 Å². The first kappa shape index (κ1) is 19.6. The number of anilines is 2. The van der Waals surface area contributed by atoms with E-state index in [1.165, 1.54) is 31.3 Å². The van der Waals surface area contributed by atoms with Crippen molar-refractivity contribution < 1.29 is 16.8 Å². The summed E-state index contributed by atoms with van der Waals surface area (Å²) in [6.45, 7) is 3.25. The van der Waals surface area contributed by atoms with Gasteiger partial charge >= 0.3 is 0 Å². The maximum atomic E-state index is 12.8. The molecule has 0 atom stereocenters. The van der Waals surface area contributed by atoms with Crippen molar-refractivity contribution in [3.8, 4) is 0 Å². The second kappa shape index (κ2) is 7.85. The molecule has 3 rings (SSSR count). The Bertz CT molecular complexity index is 999. The topological polar surface area (TPSA) is 108 Å². The molecule has 1 saturated heterocycles. The van der Waals surface area contributed by atoms with E-state index in [4.69, 9.17) is 0 Å². The van der Waals surface area contributed by atoms with Crippen LogP contribution < -0.4 is 19.7 Å². The Kier molecular flexibility index (Phi) is 5.70. The van der Waals surface area contributed by atoms with E-state index in [2.05, 4.69) is 19.7 Å². The van der Waals surface area contributed by atoms with Crippen LogP contribution in [0, 0.1) is 0 Å². The van der Waals surface area contributed by atoms with Crippen LogP contribution in [0.15, 0.2) is 58.3 Å². The van der Waals surface area contributed by atoms with Gasteiger partial charge in [-0.1, -0.05) is 12.1 Å². The summed E-state index contributed by atoms with van der Waals surface area (Å²) in [6.07, 6.45) is 0. The van der Waals surface area contributed by atoms with E-state index >= 15 is 0 Å². The highest BCUT2D eigenvalue weighted by molar-refractivity contribution is 7.92. The highest BCUT2D eigenvalue weighted by Crippen LogP contribution is 2.28. The summed E-state index contributed by atoms with van der Waals surface area (Å²) in [5.74, 6) is 0. The van der Waals surface area contributed by atoms with Crippen LogP contribution in [0.4, 0.5) is 11.4 Å². The summed E-state index contributed by atoms with van der Waals surface area (Å²) in [4.78, 5) is 2.12. The molecule has 2 aromatic rings. The molecule has 8 nitrogen and oxygen atoms in total. The molecule has 0 amide bonds. The van der Waals surface area contributed by atoms with Crippen LogP contribution in [0.2, 0.25) is 0 Å². The number of nitrogens with one attached hydrogen (secondary N) is 3. The Morgan fingerprint density at radius 3 is 2.00 bits per heavy atom.